The van der Waals surface area contributed by atoms with Crippen LogP contribution in [0.1, 0.15) is 46.0 Å². The fourth-order valence-corrected chi connectivity index (χ4v) is 2.93. The number of methoxy groups -OCH3 is 1. The molecule has 0 heterocycles. The van der Waals surface area contributed by atoms with E-state index in [1.807, 2.05) is 13.8 Å². The van der Waals surface area contributed by atoms with E-state index in [4.69, 9.17) is 5.73 Å². The van der Waals surface area contributed by atoms with Crippen molar-refractivity contribution in [2.24, 2.45) is 17.6 Å². The molecular weight excluding hydrogens is 248 g/mol. The van der Waals surface area contributed by atoms with Gasteiger partial charge in [-0.3, -0.25) is 14.9 Å². The highest BCUT2D eigenvalue weighted by molar-refractivity contribution is 5.74. The maximum absolute atomic E-state index is 11.4. The molecule has 0 aromatic rings. The van der Waals surface area contributed by atoms with E-state index in [9.17, 15) is 14.9 Å². The molecule has 1 fully saturated rings. The number of hydrogen-bond acceptors (Lipinski definition) is 5. The summed E-state index contributed by atoms with van der Waals surface area (Å²) in [7, 11) is 1.33. The lowest BCUT2D eigenvalue weighted by atomic mass is 9.63. The highest BCUT2D eigenvalue weighted by Crippen LogP contribution is 2.42. The zero-order chi connectivity index (χ0) is 14.6. The first-order valence-corrected chi connectivity index (χ1v) is 6.88. The lowest BCUT2D eigenvalue weighted by Crippen LogP contribution is -2.64. The Hall–Kier alpha value is -1.17. The van der Waals surface area contributed by atoms with Crippen molar-refractivity contribution in [1.29, 1.82) is 0 Å². The number of ether oxygens (including phenoxy) is 1. The molecule has 1 rings (SSSR count). The van der Waals surface area contributed by atoms with Gasteiger partial charge in [-0.05, 0) is 18.8 Å². The van der Waals surface area contributed by atoms with E-state index >= 15 is 0 Å². The Labute approximate surface area is 113 Å². The number of nitro groups is 1. The first-order chi connectivity index (χ1) is 8.87. The lowest BCUT2D eigenvalue weighted by Gasteiger charge is -2.44. The zero-order valence-corrected chi connectivity index (χ0v) is 11.9. The summed E-state index contributed by atoms with van der Waals surface area (Å²) in [6, 6.07) is -0.765. The van der Waals surface area contributed by atoms with Crippen molar-refractivity contribution in [1.82, 2.24) is 0 Å². The van der Waals surface area contributed by atoms with Crippen molar-refractivity contribution >= 4 is 5.97 Å². The molecule has 19 heavy (non-hydrogen) atoms. The van der Waals surface area contributed by atoms with E-state index < -0.39 is 11.6 Å². The van der Waals surface area contributed by atoms with Crippen LogP contribution in [0.25, 0.3) is 0 Å². The Morgan fingerprint density at radius 2 is 2.00 bits per heavy atom. The second-order valence-electron chi connectivity index (χ2n) is 5.58. The van der Waals surface area contributed by atoms with Gasteiger partial charge in [0.05, 0.1) is 18.6 Å². The Morgan fingerprint density at radius 3 is 2.37 bits per heavy atom. The number of carbonyl (C=O) groups excluding carboxylic acids is 1. The van der Waals surface area contributed by atoms with Crippen LogP contribution in [-0.4, -0.2) is 29.6 Å². The summed E-state index contributed by atoms with van der Waals surface area (Å²) in [6.07, 6.45) is 3.02. The van der Waals surface area contributed by atoms with E-state index in [-0.39, 0.29) is 16.8 Å². The standard InChI is InChI=1S/C13H24N2O4/c1-4-9(5-2)6-11(15(17)18)13(14)7-10(8-13)12(16)19-3/h9-11H,4-8,14H2,1-3H3. The molecule has 6 heteroatoms. The van der Waals surface area contributed by atoms with Gasteiger partial charge in [0.2, 0.25) is 6.04 Å². The number of hydrogen-bond donors (Lipinski definition) is 1. The van der Waals surface area contributed by atoms with Gasteiger partial charge >= 0.3 is 5.97 Å². The Morgan fingerprint density at radius 1 is 1.47 bits per heavy atom. The average molecular weight is 272 g/mol. The maximum Gasteiger partial charge on any atom is 0.308 e. The quantitative estimate of drug-likeness (QED) is 0.432. The summed E-state index contributed by atoms with van der Waals surface area (Å²) in [6.45, 7) is 4.07. The summed E-state index contributed by atoms with van der Waals surface area (Å²) < 4.78 is 4.65. The van der Waals surface area contributed by atoms with Crippen LogP contribution >= 0.6 is 0 Å². The summed E-state index contributed by atoms with van der Waals surface area (Å²) in [5.74, 6) is -0.280. The molecule has 0 aliphatic heterocycles. The van der Waals surface area contributed by atoms with Gasteiger partial charge < -0.3 is 10.5 Å². The van der Waals surface area contributed by atoms with Crippen LogP contribution in [0.4, 0.5) is 0 Å². The summed E-state index contributed by atoms with van der Waals surface area (Å²) in [4.78, 5) is 22.4. The van der Waals surface area contributed by atoms with Crippen LogP contribution in [0.15, 0.2) is 0 Å². The molecule has 1 aliphatic rings. The first kappa shape index (κ1) is 15.9. The second-order valence-corrected chi connectivity index (χ2v) is 5.58. The van der Waals surface area contributed by atoms with E-state index in [1.54, 1.807) is 0 Å². The molecule has 0 saturated heterocycles. The minimum Gasteiger partial charge on any atom is -0.469 e. The summed E-state index contributed by atoms with van der Waals surface area (Å²) in [5, 5.41) is 11.3. The summed E-state index contributed by atoms with van der Waals surface area (Å²) >= 11 is 0. The predicted molar refractivity (Wildman–Crippen MR) is 71.1 cm³/mol. The minimum atomic E-state index is -0.856. The van der Waals surface area contributed by atoms with Crippen LogP contribution in [0.5, 0.6) is 0 Å². The highest BCUT2D eigenvalue weighted by Gasteiger charge is 2.55. The van der Waals surface area contributed by atoms with Gasteiger partial charge in [0.25, 0.3) is 0 Å². The molecule has 0 aromatic carbocycles. The van der Waals surface area contributed by atoms with Crippen molar-refractivity contribution < 1.29 is 14.5 Å². The largest absolute Gasteiger partial charge is 0.469 e. The van der Waals surface area contributed by atoms with Gasteiger partial charge in [-0.2, -0.15) is 0 Å². The third-order valence-electron chi connectivity index (χ3n) is 4.42. The maximum atomic E-state index is 11.4. The third kappa shape index (κ3) is 3.43. The molecule has 110 valence electrons. The van der Waals surface area contributed by atoms with E-state index in [0.717, 1.165) is 12.8 Å². The van der Waals surface area contributed by atoms with Gasteiger partial charge in [-0.15, -0.1) is 0 Å². The van der Waals surface area contributed by atoms with Gasteiger partial charge in [0.1, 0.15) is 0 Å². The molecule has 1 saturated carbocycles. The van der Waals surface area contributed by atoms with E-state index in [2.05, 4.69) is 4.74 Å². The van der Waals surface area contributed by atoms with Crippen molar-refractivity contribution in [3.05, 3.63) is 10.1 Å². The van der Waals surface area contributed by atoms with Crippen LogP contribution in [0.3, 0.4) is 0 Å². The molecule has 0 radical (unpaired) electrons. The van der Waals surface area contributed by atoms with E-state index in [0.29, 0.717) is 25.2 Å². The van der Waals surface area contributed by atoms with Crippen LogP contribution in [-0.2, 0) is 9.53 Å². The monoisotopic (exact) mass is 272 g/mol. The van der Waals surface area contributed by atoms with Crippen molar-refractivity contribution in [3.8, 4) is 0 Å². The van der Waals surface area contributed by atoms with Gasteiger partial charge in [-0.25, -0.2) is 0 Å². The SMILES string of the molecule is CCC(CC)CC([N+](=O)[O-])C1(N)CC(C(=O)OC)C1. The molecule has 1 unspecified atom stereocenters. The topological polar surface area (TPSA) is 95.5 Å². The number of esters is 1. The Balaban J connectivity index is 2.68. The van der Waals surface area contributed by atoms with Crippen LogP contribution in [0, 0.1) is 22.0 Å². The second kappa shape index (κ2) is 6.32. The Kier molecular flexibility index (Phi) is 5.29. The molecule has 0 amide bonds. The van der Waals surface area contributed by atoms with Gasteiger partial charge in [-0.1, -0.05) is 26.7 Å². The molecule has 1 aliphatic carbocycles. The van der Waals surface area contributed by atoms with Crippen molar-refractivity contribution in [3.63, 3.8) is 0 Å². The first-order valence-electron chi connectivity index (χ1n) is 6.88. The molecule has 1 atom stereocenters. The molecule has 0 bridgehead atoms. The summed E-state index contributed by atoms with van der Waals surface area (Å²) in [5.41, 5.74) is 5.28. The van der Waals surface area contributed by atoms with Crippen molar-refractivity contribution in [2.45, 2.75) is 57.5 Å². The molecule has 0 spiro atoms. The number of nitrogens with two attached hydrogens (primary N) is 1. The van der Waals surface area contributed by atoms with Gasteiger partial charge in [0.15, 0.2) is 0 Å². The Bertz CT molecular complexity index is 336. The number of carbonyl (C=O) groups is 1. The molecule has 0 aromatic heterocycles. The average Bonchev–Trinajstić information content (AvgIpc) is 2.35. The van der Waals surface area contributed by atoms with Crippen LogP contribution < -0.4 is 5.73 Å². The minimum absolute atomic E-state index is 0.272. The fraction of sp³-hybridized carbons (Fsp3) is 0.923. The predicted octanol–water partition coefficient (Wildman–Crippen LogP) is 1.74. The molecular formula is C13H24N2O4. The smallest absolute Gasteiger partial charge is 0.308 e. The number of rotatable bonds is 7. The molecule has 2 N–H and O–H groups in total. The van der Waals surface area contributed by atoms with E-state index in [1.165, 1.54) is 7.11 Å². The lowest BCUT2D eigenvalue weighted by molar-refractivity contribution is -0.540. The van der Waals surface area contributed by atoms with Gasteiger partial charge in [0, 0.05) is 11.3 Å². The zero-order valence-electron chi connectivity index (χ0n) is 11.9. The third-order valence-corrected chi connectivity index (χ3v) is 4.42. The highest BCUT2D eigenvalue weighted by atomic mass is 16.6. The number of nitrogens with zero attached hydrogens (tertiary/aromatic N) is 1. The molecule has 6 nitrogen and oxygen atoms in total. The van der Waals surface area contributed by atoms with Crippen molar-refractivity contribution in [2.75, 3.05) is 7.11 Å². The van der Waals surface area contributed by atoms with Crippen LogP contribution in [0.2, 0.25) is 0 Å². The normalized spacial score (nSPS) is 27.7. The fourth-order valence-electron chi connectivity index (χ4n) is 2.93.